The summed E-state index contributed by atoms with van der Waals surface area (Å²) < 4.78 is 10.9. The molecule has 0 fully saturated rings. The zero-order valence-electron chi connectivity index (χ0n) is 11.1. The molecule has 1 aromatic carbocycles. The van der Waals surface area contributed by atoms with Crippen LogP contribution in [0.1, 0.15) is 25.8 Å². The fourth-order valence-corrected chi connectivity index (χ4v) is 1.96. The molecule has 0 amide bonds. The van der Waals surface area contributed by atoms with Gasteiger partial charge in [-0.2, -0.15) is 0 Å². The highest BCUT2D eigenvalue weighted by molar-refractivity contribution is 5.74. The van der Waals surface area contributed by atoms with Crippen molar-refractivity contribution in [3.05, 3.63) is 17.7 Å². The number of benzene rings is 1. The van der Waals surface area contributed by atoms with Gasteiger partial charge in [0.05, 0.1) is 18.6 Å². The summed E-state index contributed by atoms with van der Waals surface area (Å²) >= 11 is 0. The van der Waals surface area contributed by atoms with Crippen LogP contribution in [0.25, 0.3) is 0 Å². The zero-order chi connectivity index (χ0) is 14.0. The predicted octanol–water partition coefficient (Wildman–Crippen LogP) is 2.21. The van der Waals surface area contributed by atoms with E-state index < -0.39 is 11.4 Å². The van der Waals surface area contributed by atoms with Crippen LogP contribution in [0.2, 0.25) is 0 Å². The van der Waals surface area contributed by atoms with Crippen molar-refractivity contribution in [1.29, 1.82) is 0 Å². The Kier molecular flexibility index (Phi) is 3.55. The normalized spacial score (nSPS) is 14.8. The van der Waals surface area contributed by atoms with E-state index in [0.29, 0.717) is 30.3 Å². The van der Waals surface area contributed by atoms with E-state index in [0.717, 1.165) is 6.42 Å². The Hall–Kier alpha value is -1.91. The van der Waals surface area contributed by atoms with Crippen LogP contribution in [0.4, 0.5) is 0 Å². The molecule has 0 spiro atoms. The molecule has 0 saturated carbocycles. The number of rotatable bonds is 3. The van der Waals surface area contributed by atoms with Gasteiger partial charge >= 0.3 is 5.97 Å². The van der Waals surface area contributed by atoms with Gasteiger partial charge in [0, 0.05) is 6.42 Å². The van der Waals surface area contributed by atoms with E-state index in [4.69, 9.17) is 14.6 Å². The molecule has 0 atom stereocenters. The van der Waals surface area contributed by atoms with E-state index in [1.807, 2.05) is 0 Å². The van der Waals surface area contributed by atoms with E-state index >= 15 is 0 Å². The second-order valence-corrected chi connectivity index (χ2v) is 5.32. The van der Waals surface area contributed by atoms with Crippen molar-refractivity contribution in [2.45, 2.75) is 26.7 Å². The van der Waals surface area contributed by atoms with Crippen molar-refractivity contribution in [3.63, 3.8) is 0 Å². The van der Waals surface area contributed by atoms with E-state index in [1.165, 1.54) is 0 Å². The van der Waals surface area contributed by atoms with Crippen molar-refractivity contribution in [2.75, 3.05) is 13.2 Å². The summed E-state index contributed by atoms with van der Waals surface area (Å²) in [5.74, 6) is -0.101. The molecular formula is C14H18O5. The average molecular weight is 266 g/mol. The lowest BCUT2D eigenvalue weighted by Crippen LogP contribution is -2.26. The first kappa shape index (κ1) is 13.5. The van der Waals surface area contributed by atoms with Crippen molar-refractivity contribution < 1.29 is 24.5 Å². The Morgan fingerprint density at radius 3 is 2.68 bits per heavy atom. The fourth-order valence-electron chi connectivity index (χ4n) is 1.96. The maximum atomic E-state index is 11.1. The molecule has 2 rings (SSSR count). The van der Waals surface area contributed by atoms with Gasteiger partial charge in [-0.25, -0.2) is 0 Å². The molecule has 5 nitrogen and oxygen atoms in total. The summed E-state index contributed by atoms with van der Waals surface area (Å²) in [6, 6.07) is 3.40. The van der Waals surface area contributed by atoms with Crippen molar-refractivity contribution in [2.24, 2.45) is 5.41 Å². The molecule has 5 heteroatoms. The summed E-state index contributed by atoms with van der Waals surface area (Å²) in [7, 11) is 0. The van der Waals surface area contributed by atoms with Gasteiger partial charge in [-0.3, -0.25) is 4.79 Å². The third-order valence-corrected chi connectivity index (χ3v) is 3.18. The van der Waals surface area contributed by atoms with E-state index in [9.17, 15) is 9.90 Å². The monoisotopic (exact) mass is 266 g/mol. The minimum atomic E-state index is -0.947. The van der Waals surface area contributed by atoms with Crippen LogP contribution in [0.15, 0.2) is 12.1 Å². The highest BCUT2D eigenvalue weighted by Crippen LogP contribution is 2.42. The third-order valence-electron chi connectivity index (χ3n) is 3.18. The molecular weight excluding hydrogens is 248 g/mol. The van der Waals surface area contributed by atoms with Gasteiger partial charge < -0.3 is 19.7 Å². The number of fused-ring (bicyclic) bond motifs is 1. The molecule has 0 saturated heterocycles. The molecule has 0 radical (unpaired) electrons. The molecule has 0 unspecified atom stereocenters. The van der Waals surface area contributed by atoms with Crippen LogP contribution in [0, 0.1) is 5.41 Å². The topological polar surface area (TPSA) is 76.0 Å². The van der Waals surface area contributed by atoms with E-state index in [2.05, 4.69) is 0 Å². The lowest BCUT2D eigenvalue weighted by molar-refractivity contribution is -0.146. The van der Waals surface area contributed by atoms with Crippen molar-refractivity contribution >= 4 is 5.97 Å². The van der Waals surface area contributed by atoms with Crippen LogP contribution < -0.4 is 9.47 Å². The summed E-state index contributed by atoms with van der Waals surface area (Å²) in [5.41, 5.74) is -0.395. The lowest BCUT2D eigenvalue weighted by Gasteiger charge is -2.20. The first-order valence-corrected chi connectivity index (χ1v) is 6.25. The van der Waals surface area contributed by atoms with Crippen molar-refractivity contribution in [1.82, 2.24) is 0 Å². The number of aromatic hydroxyl groups is 1. The molecule has 1 heterocycles. The first-order valence-electron chi connectivity index (χ1n) is 6.25. The SMILES string of the molecule is CC(C)(Cc1ccc2c(c1O)OCCCO2)C(=O)O. The number of carbonyl (C=O) groups is 1. The highest BCUT2D eigenvalue weighted by atomic mass is 16.5. The van der Waals surface area contributed by atoms with Gasteiger partial charge in [0.25, 0.3) is 0 Å². The van der Waals surface area contributed by atoms with E-state index in [-0.39, 0.29) is 12.2 Å². The predicted molar refractivity (Wildman–Crippen MR) is 68.8 cm³/mol. The highest BCUT2D eigenvalue weighted by Gasteiger charge is 2.30. The number of carboxylic acids is 1. The maximum Gasteiger partial charge on any atom is 0.309 e. The van der Waals surface area contributed by atoms with Gasteiger partial charge in [0.1, 0.15) is 0 Å². The Morgan fingerprint density at radius 2 is 2.00 bits per heavy atom. The number of phenols is 1. The number of ether oxygens (including phenoxy) is 2. The van der Waals surface area contributed by atoms with Gasteiger partial charge in [-0.1, -0.05) is 6.07 Å². The molecule has 0 aliphatic carbocycles. The van der Waals surface area contributed by atoms with Gasteiger partial charge in [-0.05, 0) is 31.9 Å². The summed E-state index contributed by atoms with van der Waals surface area (Å²) in [5, 5.41) is 19.3. The van der Waals surface area contributed by atoms with Gasteiger partial charge in [-0.15, -0.1) is 0 Å². The van der Waals surface area contributed by atoms with Gasteiger partial charge in [0.2, 0.25) is 5.75 Å². The fraction of sp³-hybridized carbons (Fsp3) is 0.500. The standard InChI is InChI=1S/C14H18O5/c1-14(2,13(16)17)8-9-4-5-10-12(11(9)15)19-7-3-6-18-10/h4-5,15H,3,6-8H2,1-2H3,(H,16,17). The number of phenolic OH excluding ortho intramolecular Hbond substituents is 1. The minimum absolute atomic E-state index is 0.0197. The lowest BCUT2D eigenvalue weighted by atomic mass is 9.85. The van der Waals surface area contributed by atoms with E-state index in [1.54, 1.807) is 26.0 Å². The van der Waals surface area contributed by atoms with Gasteiger partial charge in [0.15, 0.2) is 11.5 Å². The molecule has 1 aliphatic rings. The first-order chi connectivity index (χ1) is 8.92. The average Bonchev–Trinajstić information content (AvgIpc) is 2.58. The molecule has 0 aromatic heterocycles. The Labute approximate surface area is 111 Å². The quantitative estimate of drug-likeness (QED) is 0.877. The molecule has 19 heavy (non-hydrogen) atoms. The Balaban J connectivity index is 2.33. The summed E-state index contributed by atoms with van der Waals surface area (Å²) in [6.45, 7) is 4.27. The second-order valence-electron chi connectivity index (χ2n) is 5.32. The molecule has 2 N–H and O–H groups in total. The minimum Gasteiger partial charge on any atom is -0.504 e. The summed E-state index contributed by atoms with van der Waals surface area (Å²) in [4.78, 5) is 11.1. The Morgan fingerprint density at radius 1 is 1.32 bits per heavy atom. The van der Waals surface area contributed by atoms with Crippen LogP contribution in [0.5, 0.6) is 17.2 Å². The smallest absolute Gasteiger partial charge is 0.309 e. The van der Waals surface area contributed by atoms with Crippen LogP contribution in [0.3, 0.4) is 0 Å². The molecule has 104 valence electrons. The molecule has 1 aromatic rings. The summed E-state index contributed by atoms with van der Waals surface area (Å²) in [6.07, 6.45) is 0.981. The number of carboxylic acid groups (broad SMARTS) is 1. The van der Waals surface area contributed by atoms with Crippen molar-refractivity contribution in [3.8, 4) is 17.2 Å². The third kappa shape index (κ3) is 2.75. The largest absolute Gasteiger partial charge is 0.504 e. The number of hydrogen-bond acceptors (Lipinski definition) is 4. The number of hydrogen-bond donors (Lipinski definition) is 2. The van der Waals surface area contributed by atoms with Crippen LogP contribution >= 0.6 is 0 Å². The zero-order valence-corrected chi connectivity index (χ0v) is 11.1. The second kappa shape index (κ2) is 4.99. The van der Waals surface area contributed by atoms with Crippen LogP contribution in [-0.2, 0) is 11.2 Å². The van der Waals surface area contributed by atoms with Crippen LogP contribution in [-0.4, -0.2) is 29.4 Å². The number of aliphatic carboxylic acids is 1. The Bertz CT molecular complexity index is 493. The maximum absolute atomic E-state index is 11.1. The molecule has 0 bridgehead atoms. The molecule has 1 aliphatic heterocycles.